The van der Waals surface area contributed by atoms with Gasteiger partial charge in [-0.1, -0.05) is 155 Å². The third-order valence-electron chi connectivity index (χ3n) is 9.32. The molecule has 0 bridgehead atoms. The largest absolute Gasteiger partial charge is 0.0625 e. The van der Waals surface area contributed by atoms with Gasteiger partial charge in [0.2, 0.25) is 0 Å². The van der Waals surface area contributed by atoms with Gasteiger partial charge in [0, 0.05) is 10.8 Å². The summed E-state index contributed by atoms with van der Waals surface area (Å²) in [7, 11) is 0. The van der Waals surface area contributed by atoms with E-state index in [1.165, 1.54) is 47.9 Å². The Balaban J connectivity index is 1.91. The summed E-state index contributed by atoms with van der Waals surface area (Å²) in [4.78, 5) is 0. The summed E-state index contributed by atoms with van der Waals surface area (Å²) in [5, 5.41) is 0. The minimum atomic E-state index is -0.176. The highest BCUT2D eigenvalue weighted by molar-refractivity contribution is 5.50. The van der Waals surface area contributed by atoms with Gasteiger partial charge in [0.15, 0.2) is 0 Å². The van der Waals surface area contributed by atoms with Gasteiger partial charge in [-0.25, -0.2) is 0 Å². The highest BCUT2D eigenvalue weighted by atomic mass is 14.6. The molecule has 0 spiro atoms. The summed E-state index contributed by atoms with van der Waals surface area (Å²) in [6.07, 6.45) is 4.94. The Bertz CT molecular complexity index is 1040. The zero-order chi connectivity index (χ0) is 24.4. The van der Waals surface area contributed by atoms with Gasteiger partial charge in [-0.15, -0.1) is 0 Å². The van der Waals surface area contributed by atoms with Crippen LogP contribution in [0.2, 0.25) is 0 Å². The molecule has 1 fully saturated rings. The van der Waals surface area contributed by atoms with Gasteiger partial charge in [0.05, 0.1) is 0 Å². The minimum absolute atomic E-state index is 0.0247. The van der Waals surface area contributed by atoms with Crippen LogP contribution in [-0.4, -0.2) is 0 Å². The van der Waals surface area contributed by atoms with Gasteiger partial charge in [0.25, 0.3) is 0 Å². The zero-order valence-electron chi connectivity index (χ0n) is 21.5. The zero-order valence-corrected chi connectivity index (χ0v) is 21.5. The normalized spacial score (nSPS) is 18.2. The van der Waals surface area contributed by atoms with Crippen LogP contribution in [0.4, 0.5) is 0 Å². The fourth-order valence-corrected chi connectivity index (χ4v) is 7.48. The molecule has 0 N–H and O–H groups in total. The average molecular weight is 459 g/mol. The molecule has 1 atom stereocenters. The van der Waals surface area contributed by atoms with Crippen LogP contribution in [0.25, 0.3) is 0 Å². The third-order valence-corrected chi connectivity index (χ3v) is 9.32. The fraction of sp³-hybridized carbons (Fsp3) is 0.314. The van der Waals surface area contributed by atoms with E-state index in [0.29, 0.717) is 5.92 Å². The molecule has 0 nitrogen and oxygen atoms in total. The average Bonchev–Trinajstić information content (AvgIpc) is 2.94. The molecule has 35 heavy (non-hydrogen) atoms. The lowest BCUT2D eigenvalue weighted by molar-refractivity contribution is 0.00705. The molecule has 0 heterocycles. The molecule has 0 heteroatoms. The van der Waals surface area contributed by atoms with Crippen molar-refractivity contribution in [1.29, 1.82) is 0 Å². The van der Waals surface area contributed by atoms with E-state index >= 15 is 0 Å². The van der Waals surface area contributed by atoms with E-state index in [1.54, 1.807) is 0 Å². The molecule has 4 aromatic carbocycles. The summed E-state index contributed by atoms with van der Waals surface area (Å²) < 4.78 is 0. The Morgan fingerprint density at radius 1 is 0.543 bits per heavy atom. The van der Waals surface area contributed by atoms with Crippen molar-refractivity contribution >= 4 is 0 Å². The Morgan fingerprint density at radius 3 is 1.14 bits per heavy atom. The van der Waals surface area contributed by atoms with Crippen molar-refractivity contribution in [3.05, 3.63) is 144 Å². The number of hydrogen-bond acceptors (Lipinski definition) is 0. The van der Waals surface area contributed by atoms with E-state index in [9.17, 15) is 0 Å². The summed E-state index contributed by atoms with van der Waals surface area (Å²) >= 11 is 0. The van der Waals surface area contributed by atoms with Crippen molar-refractivity contribution in [3.63, 3.8) is 0 Å². The number of hydrogen-bond donors (Lipinski definition) is 0. The van der Waals surface area contributed by atoms with Gasteiger partial charge >= 0.3 is 0 Å². The second-order valence-corrected chi connectivity index (χ2v) is 11.0. The van der Waals surface area contributed by atoms with Gasteiger partial charge in [-0.2, -0.15) is 0 Å². The first-order valence-electron chi connectivity index (χ1n) is 13.2. The SMILES string of the molecule is CC1CCCC(C(C)(c2ccccc2)c2ccccc2)(C(C)(c2ccccc2)c2ccccc2)C1. The van der Waals surface area contributed by atoms with Crippen molar-refractivity contribution in [1.82, 2.24) is 0 Å². The van der Waals surface area contributed by atoms with Crippen molar-refractivity contribution < 1.29 is 0 Å². The van der Waals surface area contributed by atoms with E-state index in [-0.39, 0.29) is 16.2 Å². The molecule has 1 unspecified atom stereocenters. The minimum Gasteiger partial charge on any atom is -0.0625 e. The maximum atomic E-state index is 2.54. The highest BCUT2D eigenvalue weighted by Gasteiger charge is 2.61. The maximum Gasteiger partial charge on any atom is 0.0242 e. The van der Waals surface area contributed by atoms with E-state index in [2.05, 4.69) is 142 Å². The van der Waals surface area contributed by atoms with Crippen LogP contribution in [0.15, 0.2) is 121 Å². The summed E-state index contributed by atoms with van der Waals surface area (Å²) in [5.41, 5.74) is 5.28. The second-order valence-electron chi connectivity index (χ2n) is 11.0. The lowest BCUT2D eigenvalue weighted by Crippen LogP contribution is -2.59. The standard InChI is InChI=1S/C35H38/c1-28-17-16-26-35(27-28,33(2,29-18-8-4-9-19-29)30-20-10-5-11-21-30)34(3,31-22-12-6-13-23-31)32-24-14-7-15-25-32/h4-15,18-25,28H,16-17,26-27H2,1-3H3. The predicted molar refractivity (Wildman–Crippen MR) is 149 cm³/mol. The van der Waals surface area contributed by atoms with Gasteiger partial charge < -0.3 is 0 Å². The Morgan fingerprint density at radius 2 is 0.857 bits per heavy atom. The van der Waals surface area contributed by atoms with Crippen molar-refractivity contribution in [2.24, 2.45) is 11.3 Å². The van der Waals surface area contributed by atoms with Gasteiger partial charge in [-0.05, 0) is 46.4 Å². The van der Waals surface area contributed by atoms with Crippen molar-refractivity contribution in [3.8, 4) is 0 Å². The topological polar surface area (TPSA) is 0 Å². The van der Waals surface area contributed by atoms with E-state index in [1.807, 2.05) is 0 Å². The summed E-state index contributed by atoms with van der Waals surface area (Å²) in [6.45, 7) is 7.56. The Hall–Kier alpha value is -3.12. The fourth-order valence-electron chi connectivity index (χ4n) is 7.48. The number of rotatable bonds is 6. The first kappa shape index (κ1) is 23.6. The van der Waals surface area contributed by atoms with E-state index in [0.717, 1.165) is 0 Å². The molecule has 0 saturated heterocycles. The van der Waals surface area contributed by atoms with Crippen LogP contribution in [-0.2, 0) is 10.8 Å². The molecule has 1 saturated carbocycles. The van der Waals surface area contributed by atoms with Crippen LogP contribution < -0.4 is 0 Å². The van der Waals surface area contributed by atoms with Crippen molar-refractivity contribution in [2.75, 3.05) is 0 Å². The molecule has 4 aromatic rings. The highest BCUT2D eigenvalue weighted by Crippen LogP contribution is 2.66. The first-order valence-corrected chi connectivity index (χ1v) is 13.2. The molecular weight excluding hydrogens is 420 g/mol. The number of benzene rings is 4. The van der Waals surface area contributed by atoms with Crippen LogP contribution >= 0.6 is 0 Å². The lowest BCUT2D eigenvalue weighted by atomic mass is 9.40. The summed E-state index contributed by atoms with van der Waals surface area (Å²) in [5.74, 6) is 0.669. The monoisotopic (exact) mass is 458 g/mol. The van der Waals surface area contributed by atoms with E-state index in [4.69, 9.17) is 0 Å². The van der Waals surface area contributed by atoms with Gasteiger partial charge in [-0.3, -0.25) is 0 Å². The van der Waals surface area contributed by atoms with Crippen LogP contribution in [0.5, 0.6) is 0 Å². The molecule has 5 rings (SSSR count). The van der Waals surface area contributed by atoms with Crippen LogP contribution in [0.1, 0.15) is 68.7 Å². The molecule has 0 aliphatic heterocycles. The first-order chi connectivity index (χ1) is 17.0. The van der Waals surface area contributed by atoms with Crippen LogP contribution in [0.3, 0.4) is 0 Å². The van der Waals surface area contributed by atoms with Crippen LogP contribution in [0, 0.1) is 11.3 Å². The Labute approximate surface area is 212 Å². The Kier molecular flexibility index (Phi) is 6.41. The molecule has 0 radical (unpaired) electrons. The maximum absolute atomic E-state index is 2.54. The molecule has 0 amide bonds. The molecular formula is C35H38. The van der Waals surface area contributed by atoms with Gasteiger partial charge in [0.1, 0.15) is 0 Å². The lowest BCUT2D eigenvalue weighted by Gasteiger charge is -2.62. The second kappa shape index (κ2) is 9.50. The third kappa shape index (κ3) is 3.75. The smallest absolute Gasteiger partial charge is 0.0242 e. The quantitative estimate of drug-likeness (QED) is 0.270. The molecule has 178 valence electrons. The van der Waals surface area contributed by atoms with Crippen molar-refractivity contribution in [2.45, 2.75) is 57.3 Å². The molecule has 1 aliphatic rings. The molecule has 0 aromatic heterocycles. The molecule has 1 aliphatic carbocycles. The predicted octanol–water partition coefficient (Wildman–Crippen LogP) is 9.20. The van der Waals surface area contributed by atoms with E-state index < -0.39 is 0 Å². The summed E-state index contributed by atoms with van der Waals surface area (Å²) in [6, 6.07) is 45.3.